The van der Waals surface area contributed by atoms with Gasteiger partial charge in [0.25, 0.3) is 0 Å². The Balaban J connectivity index is 1.18. The Kier molecular flexibility index (Phi) is 10.3. The molecule has 0 fully saturated rings. The summed E-state index contributed by atoms with van der Waals surface area (Å²) in [4.78, 5) is 17.1. The number of rotatable bonds is 14. The number of unbranched alkanes of at least 4 members (excludes halogenated alkanes) is 3. The van der Waals surface area contributed by atoms with Crippen LogP contribution >= 0.6 is 23.2 Å². The lowest BCUT2D eigenvalue weighted by Gasteiger charge is -2.10. The summed E-state index contributed by atoms with van der Waals surface area (Å²) < 4.78 is 8.19. The molecule has 3 aromatic carbocycles. The van der Waals surface area contributed by atoms with Crippen molar-refractivity contribution in [1.29, 1.82) is 0 Å². The van der Waals surface area contributed by atoms with Gasteiger partial charge in [0, 0.05) is 29.6 Å². The van der Waals surface area contributed by atoms with Crippen LogP contribution in [0, 0.1) is 0 Å². The average Bonchev–Trinajstić information content (AvgIpc) is 3.25. The Morgan fingerprint density at radius 2 is 1.57 bits per heavy atom. The molecular weight excluding hydrogens is 505 g/mol. The van der Waals surface area contributed by atoms with Crippen LogP contribution in [0.4, 0.5) is 0 Å². The van der Waals surface area contributed by atoms with Crippen molar-refractivity contribution < 1.29 is 9.53 Å². The Bertz CT molecular complexity index is 1270. The average molecular weight is 539 g/mol. The van der Waals surface area contributed by atoms with Gasteiger partial charge in [-0.1, -0.05) is 53.9 Å². The van der Waals surface area contributed by atoms with Crippen LogP contribution in [0.25, 0.3) is 11.0 Å². The highest BCUT2D eigenvalue weighted by molar-refractivity contribution is 6.30. The van der Waals surface area contributed by atoms with Crippen molar-refractivity contribution in [2.24, 2.45) is 0 Å². The van der Waals surface area contributed by atoms with Gasteiger partial charge < -0.3 is 14.6 Å². The van der Waals surface area contributed by atoms with Crippen molar-refractivity contribution in [2.75, 3.05) is 13.2 Å². The lowest BCUT2D eigenvalue weighted by molar-refractivity contribution is -0.120. The lowest BCUT2D eigenvalue weighted by Crippen LogP contribution is -2.26. The molecule has 1 amide bonds. The molecule has 37 heavy (non-hydrogen) atoms. The minimum Gasteiger partial charge on any atom is -0.494 e. The smallest absolute Gasteiger partial charge is 0.224 e. The molecule has 0 aliphatic carbocycles. The van der Waals surface area contributed by atoms with E-state index in [1.165, 1.54) is 5.52 Å². The number of para-hydroxylation sites is 2. The Labute approximate surface area is 228 Å². The highest BCUT2D eigenvalue weighted by Gasteiger charge is 2.10. The van der Waals surface area contributed by atoms with E-state index in [1.807, 2.05) is 54.6 Å². The van der Waals surface area contributed by atoms with Gasteiger partial charge in [-0.25, -0.2) is 4.98 Å². The molecule has 1 heterocycles. The molecule has 0 radical (unpaired) electrons. The summed E-state index contributed by atoms with van der Waals surface area (Å²) in [5.41, 5.74) is 3.20. The maximum Gasteiger partial charge on any atom is 0.224 e. The van der Waals surface area contributed by atoms with Gasteiger partial charge in [0.2, 0.25) is 5.91 Å². The number of hydrogen-bond donors (Lipinski definition) is 1. The second kappa shape index (κ2) is 14.1. The third-order valence-corrected chi connectivity index (χ3v) is 6.77. The molecule has 0 saturated carbocycles. The molecule has 1 aromatic heterocycles. The van der Waals surface area contributed by atoms with Crippen molar-refractivity contribution >= 4 is 40.1 Å². The molecule has 0 aliphatic rings. The summed E-state index contributed by atoms with van der Waals surface area (Å²) >= 11 is 11.8. The molecule has 0 unspecified atom stereocenters. The van der Waals surface area contributed by atoms with Gasteiger partial charge in [-0.2, -0.15) is 0 Å². The maximum atomic E-state index is 12.2. The minimum atomic E-state index is 0.0455. The molecule has 4 aromatic rings. The zero-order valence-electron chi connectivity index (χ0n) is 21.0. The first-order chi connectivity index (χ1) is 18.1. The number of ether oxygens (including phenoxy) is 1. The van der Waals surface area contributed by atoms with Gasteiger partial charge in [-0.3, -0.25) is 4.79 Å². The summed E-state index contributed by atoms with van der Waals surface area (Å²) in [5, 5.41) is 4.42. The molecule has 4 rings (SSSR count). The van der Waals surface area contributed by atoms with Crippen LogP contribution in [0.1, 0.15) is 43.5 Å². The summed E-state index contributed by atoms with van der Waals surface area (Å²) in [6.07, 6.45) is 6.32. The molecule has 0 saturated heterocycles. The van der Waals surface area contributed by atoms with Crippen molar-refractivity contribution in [3.8, 4) is 5.75 Å². The molecule has 0 bridgehead atoms. The standard InChI is InChI=1S/C30H33Cl2N3O2/c31-24-13-11-23(12-14-24)22-30(36)33-19-5-1-2-10-29-34-27-8-3-4-9-28(27)35(29)20-6-7-21-37-26-17-15-25(32)16-18-26/h3-4,8-9,11-18H,1-2,5-7,10,19-22H2,(H,33,36). The zero-order chi connectivity index (χ0) is 25.9. The fraction of sp³-hybridized carbons (Fsp3) is 0.333. The van der Waals surface area contributed by atoms with Crippen LogP contribution in [0.3, 0.4) is 0 Å². The van der Waals surface area contributed by atoms with Gasteiger partial charge in [0.1, 0.15) is 11.6 Å². The first-order valence-corrected chi connectivity index (χ1v) is 13.7. The van der Waals surface area contributed by atoms with Crippen LogP contribution < -0.4 is 10.1 Å². The van der Waals surface area contributed by atoms with E-state index >= 15 is 0 Å². The monoisotopic (exact) mass is 537 g/mol. The number of nitrogens with zero attached hydrogens (tertiary/aromatic N) is 2. The van der Waals surface area contributed by atoms with Gasteiger partial charge in [-0.05, 0) is 79.8 Å². The van der Waals surface area contributed by atoms with Crippen molar-refractivity contribution in [3.05, 3.63) is 94.2 Å². The predicted molar refractivity (Wildman–Crippen MR) is 152 cm³/mol. The van der Waals surface area contributed by atoms with Gasteiger partial charge in [0.15, 0.2) is 0 Å². The molecule has 1 N–H and O–H groups in total. The Morgan fingerprint density at radius 3 is 2.35 bits per heavy atom. The number of carbonyl (C=O) groups excluding carboxylic acids is 1. The van der Waals surface area contributed by atoms with Gasteiger partial charge >= 0.3 is 0 Å². The zero-order valence-corrected chi connectivity index (χ0v) is 22.5. The van der Waals surface area contributed by atoms with E-state index in [-0.39, 0.29) is 5.91 Å². The van der Waals surface area contributed by atoms with Gasteiger partial charge in [-0.15, -0.1) is 0 Å². The number of amides is 1. The van der Waals surface area contributed by atoms with Crippen LogP contribution in [0.15, 0.2) is 72.8 Å². The second-order valence-electron chi connectivity index (χ2n) is 9.14. The summed E-state index contributed by atoms with van der Waals surface area (Å²) in [7, 11) is 0. The number of nitrogens with one attached hydrogen (secondary N) is 1. The first-order valence-electron chi connectivity index (χ1n) is 12.9. The fourth-order valence-corrected chi connectivity index (χ4v) is 4.57. The molecule has 0 spiro atoms. The fourth-order valence-electron chi connectivity index (χ4n) is 4.32. The molecule has 194 valence electrons. The molecular formula is C30H33Cl2N3O2. The lowest BCUT2D eigenvalue weighted by atomic mass is 10.1. The third-order valence-electron chi connectivity index (χ3n) is 6.27. The van der Waals surface area contributed by atoms with Crippen LogP contribution in [-0.2, 0) is 24.2 Å². The SMILES string of the molecule is O=C(Cc1ccc(Cl)cc1)NCCCCCc1nc2ccccc2n1CCCCOc1ccc(Cl)cc1. The third kappa shape index (κ3) is 8.51. The summed E-state index contributed by atoms with van der Waals surface area (Å²) in [6, 6.07) is 23.2. The topological polar surface area (TPSA) is 56.2 Å². The Hall–Kier alpha value is -3.02. The minimum absolute atomic E-state index is 0.0455. The number of benzene rings is 3. The Morgan fingerprint density at radius 1 is 0.838 bits per heavy atom. The number of fused-ring (bicyclic) bond motifs is 1. The van der Waals surface area contributed by atoms with E-state index < -0.39 is 0 Å². The number of imidazole rings is 1. The number of aryl methyl sites for hydroxylation is 2. The number of carbonyl (C=O) groups is 1. The largest absolute Gasteiger partial charge is 0.494 e. The molecule has 0 atom stereocenters. The molecule has 0 aliphatic heterocycles. The van der Waals surface area contributed by atoms with E-state index in [0.717, 1.165) is 67.7 Å². The second-order valence-corrected chi connectivity index (χ2v) is 10.0. The predicted octanol–water partition coefficient (Wildman–Crippen LogP) is 7.27. The highest BCUT2D eigenvalue weighted by Crippen LogP contribution is 2.20. The quantitative estimate of drug-likeness (QED) is 0.172. The summed E-state index contributed by atoms with van der Waals surface area (Å²) in [6.45, 7) is 2.28. The van der Waals surface area contributed by atoms with Crippen molar-refractivity contribution in [3.63, 3.8) is 0 Å². The number of halogens is 2. The van der Waals surface area contributed by atoms with E-state index in [0.29, 0.717) is 29.6 Å². The maximum absolute atomic E-state index is 12.2. The molecule has 7 heteroatoms. The normalized spacial score (nSPS) is 11.1. The van der Waals surface area contributed by atoms with E-state index in [9.17, 15) is 4.79 Å². The van der Waals surface area contributed by atoms with E-state index in [1.54, 1.807) is 0 Å². The first kappa shape index (κ1) is 27.0. The van der Waals surface area contributed by atoms with Crippen molar-refractivity contribution in [2.45, 2.75) is 51.5 Å². The number of hydrogen-bond acceptors (Lipinski definition) is 3. The summed E-state index contributed by atoms with van der Waals surface area (Å²) in [5.74, 6) is 2.02. The van der Waals surface area contributed by atoms with Gasteiger partial charge in [0.05, 0.1) is 24.1 Å². The van der Waals surface area contributed by atoms with E-state index in [4.69, 9.17) is 32.9 Å². The number of aromatic nitrogens is 2. The molecule has 5 nitrogen and oxygen atoms in total. The van der Waals surface area contributed by atoms with E-state index in [2.05, 4.69) is 28.1 Å². The van der Waals surface area contributed by atoms with Crippen LogP contribution in [0.2, 0.25) is 10.0 Å². The van der Waals surface area contributed by atoms with Crippen molar-refractivity contribution in [1.82, 2.24) is 14.9 Å². The van der Waals surface area contributed by atoms with Crippen LogP contribution in [-0.4, -0.2) is 28.6 Å². The van der Waals surface area contributed by atoms with Crippen LogP contribution in [0.5, 0.6) is 5.75 Å². The highest BCUT2D eigenvalue weighted by atomic mass is 35.5.